The van der Waals surface area contributed by atoms with E-state index in [-0.39, 0.29) is 23.1 Å². The zero-order valence-electron chi connectivity index (χ0n) is 22.8. The number of sulfonamides is 1. The molecule has 0 fully saturated rings. The summed E-state index contributed by atoms with van der Waals surface area (Å²) in [5.41, 5.74) is 9.37. The van der Waals surface area contributed by atoms with Gasteiger partial charge in [0, 0.05) is 30.6 Å². The molecular weight excluding hydrogens is 548 g/mol. The molecule has 0 saturated carbocycles. The van der Waals surface area contributed by atoms with Gasteiger partial charge in [-0.25, -0.2) is 13.4 Å². The summed E-state index contributed by atoms with van der Waals surface area (Å²) in [6, 6.07) is 12.1. The lowest BCUT2D eigenvalue weighted by Gasteiger charge is -2.14. The molecule has 0 aliphatic carbocycles. The number of hydrogen-bond acceptors (Lipinski definition) is 10. The lowest BCUT2D eigenvalue weighted by atomic mass is 10.1. The van der Waals surface area contributed by atoms with Crippen molar-refractivity contribution >= 4 is 26.8 Å². The lowest BCUT2D eigenvalue weighted by Crippen LogP contribution is -2.15. The predicted molar refractivity (Wildman–Crippen MR) is 152 cm³/mol. The van der Waals surface area contributed by atoms with Crippen LogP contribution < -0.4 is 24.7 Å². The van der Waals surface area contributed by atoms with Crippen molar-refractivity contribution in [2.75, 3.05) is 18.9 Å². The fourth-order valence-corrected chi connectivity index (χ4v) is 5.50. The molecule has 3 aromatic heterocycles. The molecule has 0 radical (unpaired) electrons. The normalized spacial score (nSPS) is 11.5. The molecule has 5 rings (SSSR count). The van der Waals surface area contributed by atoms with Crippen LogP contribution in [0.5, 0.6) is 17.4 Å². The SMILES string of the molecule is CCc1ccc(OCc2ccnc(OC)c2)c(S(=O)(=O)Nc2noc3cc(Cn4cc(CN)cn4)cc(OC)c23)c1. The first-order chi connectivity index (χ1) is 19.8. The van der Waals surface area contributed by atoms with Crippen LogP contribution in [-0.4, -0.2) is 42.6 Å². The van der Waals surface area contributed by atoms with Gasteiger partial charge in [0.15, 0.2) is 11.4 Å². The predicted octanol–water partition coefficient (Wildman–Crippen LogP) is 3.89. The largest absolute Gasteiger partial charge is 0.496 e. The van der Waals surface area contributed by atoms with Gasteiger partial charge in [0.2, 0.25) is 5.88 Å². The number of nitrogens with zero attached hydrogens (tertiary/aromatic N) is 4. The molecule has 5 aromatic rings. The Morgan fingerprint density at radius 1 is 1.00 bits per heavy atom. The highest BCUT2D eigenvalue weighted by Gasteiger charge is 2.25. The number of methoxy groups -OCH3 is 2. The van der Waals surface area contributed by atoms with E-state index in [4.69, 9.17) is 24.5 Å². The highest BCUT2D eigenvalue weighted by atomic mass is 32.2. The third-order valence-corrected chi connectivity index (χ3v) is 7.78. The van der Waals surface area contributed by atoms with E-state index in [0.717, 1.165) is 22.3 Å². The van der Waals surface area contributed by atoms with Gasteiger partial charge in [-0.1, -0.05) is 18.1 Å². The molecule has 0 aliphatic heterocycles. The van der Waals surface area contributed by atoms with Crippen molar-refractivity contribution in [2.24, 2.45) is 5.73 Å². The number of aromatic nitrogens is 4. The molecule has 0 saturated heterocycles. The molecule has 0 bridgehead atoms. The number of nitrogens with two attached hydrogens (primary N) is 1. The van der Waals surface area contributed by atoms with E-state index < -0.39 is 10.0 Å². The summed E-state index contributed by atoms with van der Waals surface area (Å²) in [7, 11) is -1.14. The molecule has 0 atom stereocenters. The van der Waals surface area contributed by atoms with E-state index >= 15 is 0 Å². The van der Waals surface area contributed by atoms with Gasteiger partial charge in [0.1, 0.15) is 28.4 Å². The van der Waals surface area contributed by atoms with Gasteiger partial charge in [0.25, 0.3) is 10.0 Å². The maximum absolute atomic E-state index is 13.7. The first-order valence-corrected chi connectivity index (χ1v) is 14.3. The fraction of sp³-hybridized carbons (Fsp3) is 0.250. The summed E-state index contributed by atoms with van der Waals surface area (Å²) in [4.78, 5) is 4.06. The number of fused-ring (bicyclic) bond motifs is 1. The molecule has 13 heteroatoms. The Morgan fingerprint density at radius 3 is 2.59 bits per heavy atom. The van der Waals surface area contributed by atoms with Gasteiger partial charge < -0.3 is 24.5 Å². The van der Waals surface area contributed by atoms with Crippen molar-refractivity contribution in [3.63, 3.8) is 0 Å². The van der Waals surface area contributed by atoms with E-state index in [9.17, 15) is 8.42 Å². The van der Waals surface area contributed by atoms with E-state index in [2.05, 4.69) is 20.0 Å². The van der Waals surface area contributed by atoms with Gasteiger partial charge >= 0.3 is 0 Å². The quantitative estimate of drug-likeness (QED) is 0.223. The molecule has 0 unspecified atom stereocenters. The first-order valence-electron chi connectivity index (χ1n) is 12.8. The molecule has 12 nitrogen and oxygen atoms in total. The number of rotatable bonds is 12. The fourth-order valence-electron chi connectivity index (χ4n) is 4.29. The summed E-state index contributed by atoms with van der Waals surface area (Å²) < 4.78 is 54.0. The minimum absolute atomic E-state index is 0.000344. The van der Waals surface area contributed by atoms with Crippen LogP contribution in [-0.2, 0) is 36.1 Å². The number of pyridine rings is 1. The Hall–Kier alpha value is -4.62. The van der Waals surface area contributed by atoms with Crippen LogP contribution in [0.1, 0.15) is 29.2 Å². The van der Waals surface area contributed by atoms with Crippen molar-refractivity contribution < 1.29 is 27.2 Å². The van der Waals surface area contributed by atoms with Crippen LogP contribution >= 0.6 is 0 Å². The molecule has 41 heavy (non-hydrogen) atoms. The molecule has 0 spiro atoms. The van der Waals surface area contributed by atoms with Gasteiger partial charge in [-0.05, 0) is 53.4 Å². The first kappa shape index (κ1) is 27.9. The minimum Gasteiger partial charge on any atom is -0.496 e. The Balaban J connectivity index is 1.44. The summed E-state index contributed by atoms with van der Waals surface area (Å²) in [6.07, 6.45) is 5.79. The second kappa shape index (κ2) is 11.9. The third kappa shape index (κ3) is 6.10. The van der Waals surface area contributed by atoms with E-state index in [1.807, 2.05) is 19.2 Å². The average Bonchev–Trinajstić information content (AvgIpc) is 3.62. The van der Waals surface area contributed by atoms with E-state index in [1.54, 1.807) is 53.5 Å². The van der Waals surface area contributed by atoms with Gasteiger partial charge in [0.05, 0.1) is 27.0 Å². The number of nitrogens with one attached hydrogen (secondary N) is 1. The van der Waals surface area contributed by atoms with Crippen molar-refractivity contribution in [2.45, 2.75) is 37.9 Å². The molecular formula is C28H30N6O6S. The van der Waals surface area contributed by atoms with Crippen LogP contribution in [0.2, 0.25) is 0 Å². The summed E-state index contributed by atoms with van der Waals surface area (Å²) in [5, 5.41) is 8.72. The van der Waals surface area contributed by atoms with Gasteiger partial charge in [-0.15, -0.1) is 0 Å². The smallest absolute Gasteiger partial charge is 0.266 e. The standard InChI is InChI=1S/C28H30N6O6S/c1-4-18-5-6-22(39-17-19-7-8-30-26(12-19)38-3)25(11-18)41(35,36)33-28-27-23(37-2)9-20(10-24(27)40-32-28)15-34-16-21(13-29)14-31-34/h5-12,14,16H,4,13,15,17,29H2,1-3H3,(H,32,33). The third-order valence-electron chi connectivity index (χ3n) is 6.42. The number of ether oxygens (including phenoxy) is 3. The monoisotopic (exact) mass is 578 g/mol. The Morgan fingerprint density at radius 2 is 1.85 bits per heavy atom. The Kier molecular flexibility index (Phi) is 8.08. The number of aryl methyl sites for hydroxylation is 1. The summed E-state index contributed by atoms with van der Waals surface area (Å²) in [6.45, 7) is 2.87. The van der Waals surface area contributed by atoms with Crippen LogP contribution in [0, 0.1) is 0 Å². The maximum Gasteiger partial charge on any atom is 0.266 e. The molecule has 0 aliphatic rings. The van der Waals surface area contributed by atoms with Crippen molar-refractivity contribution in [3.05, 3.63) is 83.3 Å². The maximum atomic E-state index is 13.7. The van der Waals surface area contributed by atoms with Crippen LogP contribution in [0.25, 0.3) is 11.0 Å². The molecule has 0 amide bonds. The van der Waals surface area contributed by atoms with Crippen LogP contribution in [0.3, 0.4) is 0 Å². The summed E-state index contributed by atoms with van der Waals surface area (Å²) in [5.74, 6) is 1.01. The van der Waals surface area contributed by atoms with E-state index in [0.29, 0.717) is 42.1 Å². The topological polar surface area (TPSA) is 157 Å². The highest BCUT2D eigenvalue weighted by molar-refractivity contribution is 7.92. The zero-order chi connectivity index (χ0) is 29.0. The molecule has 3 N–H and O–H groups in total. The Labute approximate surface area is 237 Å². The minimum atomic E-state index is -4.16. The second-order valence-corrected chi connectivity index (χ2v) is 10.8. The number of anilines is 1. The average molecular weight is 579 g/mol. The lowest BCUT2D eigenvalue weighted by molar-refractivity contribution is 0.296. The van der Waals surface area contributed by atoms with E-state index in [1.165, 1.54) is 14.2 Å². The molecule has 2 aromatic carbocycles. The van der Waals surface area contributed by atoms with Crippen LogP contribution in [0.4, 0.5) is 5.82 Å². The highest BCUT2D eigenvalue weighted by Crippen LogP contribution is 2.36. The van der Waals surface area contributed by atoms with Crippen molar-refractivity contribution in [1.29, 1.82) is 0 Å². The molecule has 214 valence electrons. The van der Waals surface area contributed by atoms with Crippen molar-refractivity contribution in [1.82, 2.24) is 19.9 Å². The van der Waals surface area contributed by atoms with Gasteiger partial charge in [-0.3, -0.25) is 9.40 Å². The van der Waals surface area contributed by atoms with Crippen molar-refractivity contribution in [3.8, 4) is 17.4 Å². The second-order valence-electron chi connectivity index (χ2n) is 9.19. The molecule has 3 heterocycles. The number of benzene rings is 2. The van der Waals surface area contributed by atoms with Crippen LogP contribution in [0.15, 0.2) is 70.5 Å². The number of hydrogen-bond donors (Lipinski definition) is 2. The summed E-state index contributed by atoms with van der Waals surface area (Å²) >= 11 is 0. The Bertz CT molecular complexity index is 1780. The van der Waals surface area contributed by atoms with Gasteiger partial charge in [-0.2, -0.15) is 5.10 Å². The zero-order valence-corrected chi connectivity index (χ0v) is 23.6.